The molecule has 1 saturated heterocycles. The predicted octanol–water partition coefficient (Wildman–Crippen LogP) is 3.29. The van der Waals surface area contributed by atoms with Crippen LogP contribution in [-0.4, -0.2) is 54.8 Å². The van der Waals surface area contributed by atoms with Crippen molar-refractivity contribution in [3.05, 3.63) is 71.7 Å². The van der Waals surface area contributed by atoms with Crippen LogP contribution in [-0.2, 0) is 16.6 Å². The summed E-state index contributed by atoms with van der Waals surface area (Å²) in [5.41, 5.74) is 2.60. The number of ether oxygens (including phenoxy) is 1. The number of morpholine rings is 1. The maximum atomic E-state index is 14.7. The number of hydrogen-bond acceptors (Lipinski definition) is 3. The van der Waals surface area contributed by atoms with E-state index in [4.69, 9.17) is 4.74 Å². The third kappa shape index (κ3) is 4.55. The zero-order chi connectivity index (χ0) is 20.9. The number of rotatable bonds is 7. The Hall–Kier alpha value is -2.70. The lowest BCUT2D eigenvalue weighted by Gasteiger charge is -2.26. The van der Waals surface area contributed by atoms with E-state index in [9.17, 15) is 9.18 Å². The van der Waals surface area contributed by atoms with E-state index in [1.165, 1.54) is 6.07 Å². The smallest absolute Gasteiger partial charge is 0.220 e. The van der Waals surface area contributed by atoms with Crippen LogP contribution in [0.15, 0.2) is 54.7 Å². The number of fused-ring (bicyclic) bond motifs is 1. The molecule has 30 heavy (non-hydrogen) atoms. The van der Waals surface area contributed by atoms with Crippen molar-refractivity contribution in [2.45, 2.75) is 12.3 Å². The predicted molar refractivity (Wildman–Crippen MR) is 116 cm³/mol. The monoisotopic (exact) mass is 409 g/mol. The lowest BCUT2D eigenvalue weighted by Crippen LogP contribution is -2.41. The van der Waals surface area contributed by atoms with Crippen molar-refractivity contribution in [2.75, 3.05) is 39.4 Å². The molecule has 0 spiro atoms. The molecule has 1 unspecified atom stereocenters. The molecule has 5 nitrogen and oxygen atoms in total. The number of nitrogens with zero attached hydrogens (tertiary/aromatic N) is 2. The minimum absolute atomic E-state index is 0.0653. The Balaban J connectivity index is 1.54. The van der Waals surface area contributed by atoms with Gasteiger partial charge in [0.25, 0.3) is 0 Å². The standard InChI is InChI=1S/C24H28FN3O2/c1-27-17-21(19-7-3-5-9-23(19)27)20(18-6-2-4-8-22(18)25)16-24(29)26-10-11-28-12-14-30-15-13-28/h2-9,17,20H,10-16H2,1H3,(H,26,29). The van der Waals surface area contributed by atoms with Gasteiger partial charge >= 0.3 is 0 Å². The van der Waals surface area contributed by atoms with Crippen LogP contribution in [0.3, 0.4) is 0 Å². The number of aromatic nitrogens is 1. The van der Waals surface area contributed by atoms with Gasteiger partial charge in [0, 0.05) is 62.7 Å². The molecule has 0 bridgehead atoms. The molecule has 2 aromatic carbocycles. The van der Waals surface area contributed by atoms with Crippen molar-refractivity contribution in [3.63, 3.8) is 0 Å². The SMILES string of the molecule is Cn1cc(C(CC(=O)NCCN2CCOCC2)c2ccccc2F)c2ccccc21. The average molecular weight is 410 g/mol. The molecule has 1 N–H and O–H groups in total. The molecule has 3 aromatic rings. The fourth-order valence-corrected chi connectivity index (χ4v) is 4.23. The number of aryl methyl sites for hydroxylation is 1. The lowest BCUT2D eigenvalue weighted by molar-refractivity contribution is -0.121. The minimum atomic E-state index is -0.347. The van der Waals surface area contributed by atoms with Crippen LogP contribution in [0.2, 0.25) is 0 Å². The molecule has 2 heterocycles. The molecule has 1 fully saturated rings. The molecule has 0 saturated carbocycles. The number of amides is 1. The van der Waals surface area contributed by atoms with Crippen molar-refractivity contribution in [3.8, 4) is 0 Å². The number of carbonyl (C=O) groups excluding carboxylic acids is 1. The average Bonchev–Trinajstić information content (AvgIpc) is 3.10. The molecule has 158 valence electrons. The van der Waals surface area contributed by atoms with Crippen LogP contribution in [0.1, 0.15) is 23.5 Å². The molecule has 0 radical (unpaired) electrons. The molecule has 1 aliphatic rings. The summed E-state index contributed by atoms with van der Waals surface area (Å²) in [5, 5.41) is 4.07. The number of carbonyl (C=O) groups is 1. The summed E-state index contributed by atoms with van der Waals surface area (Å²) in [6, 6.07) is 14.8. The number of hydrogen-bond donors (Lipinski definition) is 1. The Labute approximate surface area is 176 Å². The fourth-order valence-electron chi connectivity index (χ4n) is 4.23. The second kappa shape index (κ2) is 9.41. The normalized spacial score (nSPS) is 15.9. The van der Waals surface area contributed by atoms with Crippen LogP contribution in [0.25, 0.3) is 10.9 Å². The van der Waals surface area contributed by atoms with E-state index in [-0.39, 0.29) is 24.1 Å². The van der Waals surface area contributed by atoms with Crippen LogP contribution in [0.5, 0.6) is 0 Å². The van der Waals surface area contributed by atoms with Crippen LogP contribution >= 0.6 is 0 Å². The molecular formula is C24H28FN3O2. The van der Waals surface area contributed by atoms with E-state index >= 15 is 0 Å². The molecule has 0 aliphatic carbocycles. The van der Waals surface area contributed by atoms with Gasteiger partial charge in [-0.1, -0.05) is 36.4 Å². The number of benzene rings is 2. The Morgan fingerprint density at radius 2 is 1.83 bits per heavy atom. The lowest BCUT2D eigenvalue weighted by atomic mass is 9.87. The van der Waals surface area contributed by atoms with E-state index < -0.39 is 0 Å². The highest BCUT2D eigenvalue weighted by Crippen LogP contribution is 2.35. The van der Waals surface area contributed by atoms with E-state index in [0.29, 0.717) is 12.1 Å². The second-order valence-electron chi connectivity index (χ2n) is 7.79. The zero-order valence-electron chi connectivity index (χ0n) is 17.3. The first kappa shape index (κ1) is 20.6. The van der Waals surface area contributed by atoms with Gasteiger partial charge in [-0.25, -0.2) is 4.39 Å². The number of nitrogens with one attached hydrogen (secondary N) is 1. The van der Waals surface area contributed by atoms with Crippen molar-refractivity contribution in [1.29, 1.82) is 0 Å². The van der Waals surface area contributed by atoms with Gasteiger partial charge in [0.1, 0.15) is 5.82 Å². The van der Waals surface area contributed by atoms with Gasteiger partial charge in [0.05, 0.1) is 13.2 Å². The molecule has 4 rings (SSSR count). The zero-order valence-corrected chi connectivity index (χ0v) is 17.3. The molecule has 1 atom stereocenters. The van der Waals surface area contributed by atoms with E-state index in [1.54, 1.807) is 12.1 Å². The maximum Gasteiger partial charge on any atom is 0.220 e. The Bertz CT molecular complexity index is 1010. The Morgan fingerprint density at radius 3 is 2.63 bits per heavy atom. The van der Waals surface area contributed by atoms with Crippen molar-refractivity contribution in [2.24, 2.45) is 7.05 Å². The summed E-state index contributed by atoms with van der Waals surface area (Å²) in [7, 11) is 1.98. The van der Waals surface area contributed by atoms with Gasteiger partial charge in [-0.2, -0.15) is 0 Å². The molecule has 6 heteroatoms. The van der Waals surface area contributed by atoms with E-state index in [1.807, 2.05) is 48.1 Å². The van der Waals surface area contributed by atoms with Crippen LogP contribution < -0.4 is 5.32 Å². The van der Waals surface area contributed by atoms with E-state index in [2.05, 4.69) is 10.2 Å². The quantitative estimate of drug-likeness (QED) is 0.651. The first-order chi connectivity index (χ1) is 14.6. The van der Waals surface area contributed by atoms with Gasteiger partial charge in [0.2, 0.25) is 5.91 Å². The molecular weight excluding hydrogens is 381 g/mol. The van der Waals surface area contributed by atoms with Crippen molar-refractivity contribution in [1.82, 2.24) is 14.8 Å². The number of halogens is 1. The third-order valence-electron chi connectivity index (χ3n) is 5.83. The first-order valence-corrected chi connectivity index (χ1v) is 10.5. The summed E-state index contributed by atoms with van der Waals surface area (Å²) in [4.78, 5) is 15.1. The molecule has 1 aliphatic heterocycles. The summed E-state index contributed by atoms with van der Waals surface area (Å²) in [6.45, 7) is 4.65. The highest BCUT2D eigenvalue weighted by molar-refractivity contribution is 5.86. The van der Waals surface area contributed by atoms with Crippen LogP contribution in [0.4, 0.5) is 4.39 Å². The summed E-state index contributed by atoms with van der Waals surface area (Å²) in [6.07, 6.45) is 2.22. The van der Waals surface area contributed by atoms with Crippen molar-refractivity contribution < 1.29 is 13.9 Å². The largest absolute Gasteiger partial charge is 0.379 e. The van der Waals surface area contributed by atoms with Crippen molar-refractivity contribution >= 4 is 16.8 Å². The van der Waals surface area contributed by atoms with Gasteiger partial charge in [0.15, 0.2) is 0 Å². The van der Waals surface area contributed by atoms with E-state index in [0.717, 1.165) is 49.3 Å². The summed E-state index contributed by atoms with van der Waals surface area (Å²) >= 11 is 0. The second-order valence-corrected chi connectivity index (χ2v) is 7.79. The minimum Gasteiger partial charge on any atom is -0.379 e. The highest BCUT2D eigenvalue weighted by Gasteiger charge is 2.24. The van der Waals surface area contributed by atoms with Gasteiger partial charge in [-0.05, 0) is 23.3 Å². The maximum absolute atomic E-state index is 14.7. The molecule has 1 amide bonds. The Kier molecular flexibility index (Phi) is 6.45. The summed E-state index contributed by atoms with van der Waals surface area (Å²) in [5.74, 6) is -0.693. The first-order valence-electron chi connectivity index (χ1n) is 10.5. The summed E-state index contributed by atoms with van der Waals surface area (Å²) < 4.78 is 22.1. The fraction of sp³-hybridized carbons (Fsp3) is 0.375. The van der Waals surface area contributed by atoms with Gasteiger partial charge in [-0.3, -0.25) is 9.69 Å². The highest BCUT2D eigenvalue weighted by atomic mass is 19.1. The van der Waals surface area contributed by atoms with Gasteiger partial charge in [-0.15, -0.1) is 0 Å². The number of para-hydroxylation sites is 1. The van der Waals surface area contributed by atoms with Gasteiger partial charge < -0.3 is 14.6 Å². The molecule has 1 aromatic heterocycles. The van der Waals surface area contributed by atoms with Crippen LogP contribution in [0, 0.1) is 5.82 Å². The third-order valence-corrected chi connectivity index (χ3v) is 5.83. The Morgan fingerprint density at radius 1 is 1.10 bits per heavy atom. The topological polar surface area (TPSA) is 46.5 Å².